The second-order valence-electron chi connectivity index (χ2n) is 3.53. The SMILES string of the molecule is OCC(O)CNc1cc(C(F)(F)F)cc(F)c1I. The Labute approximate surface area is 114 Å². The van der Waals surface area contributed by atoms with Gasteiger partial charge in [0.1, 0.15) is 5.82 Å². The largest absolute Gasteiger partial charge is 0.416 e. The van der Waals surface area contributed by atoms with E-state index < -0.39 is 30.3 Å². The van der Waals surface area contributed by atoms with Gasteiger partial charge in [-0.15, -0.1) is 0 Å². The Morgan fingerprint density at radius 3 is 2.44 bits per heavy atom. The van der Waals surface area contributed by atoms with Crippen LogP contribution in [0.2, 0.25) is 0 Å². The van der Waals surface area contributed by atoms with Crippen LogP contribution >= 0.6 is 22.6 Å². The molecule has 0 spiro atoms. The fraction of sp³-hybridized carbons (Fsp3) is 0.400. The quantitative estimate of drug-likeness (QED) is 0.556. The Balaban J connectivity index is 3.00. The van der Waals surface area contributed by atoms with Crippen LogP contribution in [0.15, 0.2) is 12.1 Å². The van der Waals surface area contributed by atoms with E-state index in [-0.39, 0.29) is 15.8 Å². The summed E-state index contributed by atoms with van der Waals surface area (Å²) in [6.45, 7) is -0.710. The molecule has 0 fully saturated rings. The normalized spacial score (nSPS) is 13.5. The zero-order chi connectivity index (χ0) is 13.9. The number of alkyl halides is 3. The smallest absolute Gasteiger partial charge is 0.394 e. The van der Waals surface area contributed by atoms with Gasteiger partial charge in [-0.1, -0.05) is 0 Å². The van der Waals surface area contributed by atoms with Gasteiger partial charge in [0.05, 0.1) is 27.5 Å². The summed E-state index contributed by atoms with van der Waals surface area (Å²) < 4.78 is 50.7. The van der Waals surface area contributed by atoms with E-state index in [1.165, 1.54) is 0 Å². The van der Waals surface area contributed by atoms with Gasteiger partial charge in [-0.2, -0.15) is 13.2 Å². The summed E-state index contributed by atoms with van der Waals surface area (Å²) in [5.74, 6) is -0.994. The Morgan fingerprint density at radius 1 is 1.33 bits per heavy atom. The van der Waals surface area contributed by atoms with Crippen molar-refractivity contribution in [2.45, 2.75) is 12.3 Å². The van der Waals surface area contributed by atoms with E-state index in [0.29, 0.717) is 6.07 Å². The fourth-order valence-electron chi connectivity index (χ4n) is 1.17. The minimum atomic E-state index is -4.64. The molecule has 0 aliphatic rings. The molecule has 0 aromatic heterocycles. The monoisotopic (exact) mass is 379 g/mol. The molecule has 1 unspecified atom stereocenters. The molecule has 0 aliphatic carbocycles. The van der Waals surface area contributed by atoms with Gasteiger partial charge in [-0.25, -0.2) is 4.39 Å². The molecule has 1 aromatic rings. The summed E-state index contributed by atoms with van der Waals surface area (Å²) in [5.41, 5.74) is -1.18. The number of rotatable bonds is 4. The molecule has 0 bridgehead atoms. The van der Waals surface area contributed by atoms with E-state index in [0.717, 1.165) is 6.07 Å². The maximum Gasteiger partial charge on any atom is 0.416 e. The molecule has 0 saturated carbocycles. The van der Waals surface area contributed by atoms with E-state index in [4.69, 9.17) is 10.2 Å². The highest BCUT2D eigenvalue weighted by atomic mass is 127. The fourth-order valence-corrected chi connectivity index (χ4v) is 1.68. The number of aliphatic hydroxyl groups is 2. The standard InChI is InChI=1S/C10H10F4INO2/c11-7-1-5(10(12,13)14)2-8(9(7)15)16-3-6(18)4-17/h1-2,6,16-18H,3-4H2. The lowest BCUT2D eigenvalue weighted by atomic mass is 10.2. The van der Waals surface area contributed by atoms with E-state index in [9.17, 15) is 17.6 Å². The first-order chi connectivity index (χ1) is 8.25. The number of anilines is 1. The highest BCUT2D eigenvalue weighted by molar-refractivity contribution is 14.1. The third kappa shape index (κ3) is 3.95. The minimum Gasteiger partial charge on any atom is -0.394 e. The maximum absolute atomic E-state index is 13.3. The van der Waals surface area contributed by atoms with Crippen molar-refractivity contribution in [1.29, 1.82) is 0 Å². The van der Waals surface area contributed by atoms with Crippen molar-refractivity contribution in [2.75, 3.05) is 18.5 Å². The lowest BCUT2D eigenvalue weighted by Gasteiger charge is -2.15. The van der Waals surface area contributed by atoms with Crippen molar-refractivity contribution in [3.8, 4) is 0 Å². The first-order valence-electron chi connectivity index (χ1n) is 4.84. The molecule has 3 nitrogen and oxygen atoms in total. The Kier molecular flexibility index (Phi) is 5.17. The van der Waals surface area contributed by atoms with Crippen molar-refractivity contribution in [2.24, 2.45) is 0 Å². The van der Waals surface area contributed by atoms with Crippen molar-refractivity contribution >= 4 is 28.3 Å². The molecule has 102 valence electrons. The Bertz CT molecular complexity index is 425. The molecular weight excluding hydrogens is 369 g/mol. The van der Waals surface area contributed by atoms with Crippen LogP contribution in [-0.4, -0.2) is 29.5 Å². The minimum absolute atomic E-state index is 0.00857. The number of halogens is 5. The van der Waals surface area contributed by atoms with Gasteiger partial charge in [-0.3, -0.25) is 0 Å². The number of nitrogens with one attached hydrogen (secondary N) is 1. The van der Waals surface area contributed by atoms with Gasteiger partial charge in [0, 0.05) is 6.54 Å². The van der Waals surface area contributed by atoms with E-state index in [1.54, 1.807) is 22.6 Å². The third-order valence-electron chi connectivity index (χ3n) is 2.09. The van der Waals surface area contributed by atoms with Gasteiger partial charge in [0.25, 0.3) is 0 Å². The Hall–Kier alpha value is -0.610. The summed E-state index contributed by atoms with van der Waals surface area (Å²) in [4.78, 5) is 0. The number of benzene rings is 1. The van der Waals surface area contributed by atoms with Crippen LogP contribution < -0.4 is 5.32 Å². The second kappa shape index (κ2) is 6.02. The molecule has 0 saturated heterocycles. The lowest BCUT2D eigenvalue weighted by molar-refractivity contribution is -0.137. The molecule has 1 atom stereocenters. The average molecular weight is 379 g/mol. The summed E-state index contributed by atoms with van der Waals surface area (Å²) in [7, 11) is 0. The van der Waals surface area contributed by atoms with E-state index in [1.807, 2.05) is 0 Å². The van der Waals surface area contributed by atoms with Crippen molar-refractivity contribution in [1.82, 2.24) is 0 Å². The van der Waals surface area contributed by atoms with Gasteiger partial charge in [0.15, 0.2) is 0 Å². The highest BCUT2D eigenvalue weighted by Gasteiger charge is 2.32. The molecule has 0 amide bonds. The van der Waals surface area contributed by atoms with Crippen LogP contribution in [0, 0.1) is 9.39 Å². The van der Waals surface area contributed by atoms with Crippen molar-refractivity contribution in [3.63, 3.8) is 0 Å². The molecule has 0 radical (unpaired) electrons. The molecule has 1 aromatic carbocycles. The predicted molar refractivity (Wildman–Crippen MR) is 65.7 cm³/mol. The molecular formula is C10H10F4INO2. The average Bonchev–Trinajstić information content (AvgIpc) is 2.28. The van der Waals surface area contributed by atoms with Crippen molar-refractivity contribution < 1.29 is 27.8 Å². The zero-order valence-electron chi connectivity index (χ0n) is 8.93. The predicted octanol–water partition coefficient (Wildman–Crippen LogP) is 2.21. The zero-order valence-corrected chi connectivity index (χ0v) is 11.1. The van der Waals surface area contributed by atoms with E-state index in [2.05, 4.69) is 5.32 Å². The number of hydrogen-bond donors (Lipinski definition) is 3. The first-order valence-corrected chi connectivity index (χ1v) is 5.92. The first kappa shape index (κ1) is 15.4. The van der Waals surface area contributed by atoms with Crippen LogP contribution in [0.1, 0.15) is 5.56 Å². The summed E-state index contributed by atoms with van der Waals surface area (Å²) in [5, 5.41) is 20.1. The number of hydrogen-bond acceptors (Lipinski definition) is 3. The van der Waals surface area contributed by atoms with Crippen LogP contribution in [0.4, 0.5) is 23.2 Å². The van der Waals surface area contributed by atoms with Gasteiger partial charge < -0.3 is 15.5 Å². The molecule has 8 heteroatoms. The maximum atomic E-state index is 13.3. The molecule has 1 rings (SSSR count). The number of aliphatic hydroxyl groups excluding tert-OH is 2. The Morgan fingerprint density at radius 2 is 1.94 bits per heavy atom. The van der Waals surface area contributed by atoms with Crippen molar-refractivity contribution in [3.05, 3.63) is 27.1 Å². The molecule has 3 N–H and O–H groups in total. The second-order valence-corrected chi connectivity index (χ2v) is 4.61. The topological polar surface area (TPSA) is 52.5 Å². The summed E-state index contributed by atoms with van der Waals surface area (Å²) in [6, 6.07) is 1.17. The summed E-state index contributed by atoms with van der Waals surface area (Å²) in [6.07, 6.45) is -5.77. The van der Waals surface area contributed by atoms with Gasteiger partial charge in [-0.05, 0) is 34.7 Å². The molecule has 0 aliphatic heterocycles. The van der Waals surface area contributed by atoms with Crippen LogP contribution in [0.25, 0.3) is 0 Å². The van der Waals surface area contributed by atoms with Crippen LogP contribution in [0.3, 0.4) is 0 Å². The van der Waals surface area contributed by atoms with Gasteiger partial charge in [0.2, 0.25) is 0 Å². The lowest BCUT2D eigenvalue weighted by Crippen LogP contribution is -2.23. The van der Waals surface area contributed by atoms with E-state index >= 15 is 0 Å². The summed E-state index contributed by atoms with van der Waals surface area (Å²) >= 11 is 1.56. The van der Waals surface area contributed by atoms with Gasteiger partial charge >= 0.3 is 6.18 Å². The molecule has 18 heavy (non-hydrogen) atoms. The highest BCUT2D eigenvalue weighted by Crippen LogP contribution is 2.34. The van der Waals surface area contributed by atoms with Crippen LogP contribution in [-0.2, 0) is 6.18 Å². The van der Waals surface area contributed by atoms with Crippen LogP contribution in [0.5, 0.6) is 0 Å². The molecule has 0 heterocycles. The third-order valence-corrected chi connectivity index (χ3v) is 3.19.